The van der Waals surface area contributed by atoms with Gasteiger partial charge in [0.2, 0.25) is 17.6 Å². The molecule has 1 aromatic heterocycles. The maximum absolute atomic E-state index is 13.2. The fraction of sp³-hybridized carbons (Fsp3) is 0.211. The zero-order chi connectivity index (χ0) is 18.5. The Balaban J connectivity index is 1.64. The number of nitrogens with zero attached hydrogens (tertiary/aromatic N) is 2. The number of nitrogens with one attached hydrogen (secondary N) is 1. The number of ether oxygens (including phenoxy) is 1. The Kier molecular flexibility index (Phi) is 5.26. The van der Waals surface area contributed by atoms with Crippen molar-refractivity contribution >= 4 is 5.91 Å². The van der Waals surface area contributed by atoms with Crippen LogP contribution >= 0.6 is 0 Å². The fourth-order valence-electron chi connectivity index (χ4n) is 2.39. The van der Waals surface area contributed by atoms with Gasteiger partial charge in [0.25, 0.3) is 0 Å². The Hall–Kier alpha value is -3.22. The lowest BCUT2D eigenvalue weighted by Crippen LogP contribution is -2.23. The Morgan fingerprint density at radius 1 is 1.27 bits per heavy atom. The maximum atomic E-state index is 13.2. The molecule has 1 amide bonds. The lowest BCUT2D eigenvalue weighted by molar-refractivity contribution is -0.119. The molecule has 7 heteroatoms. The van der Waals surface area contributed by atoms with Crippen LogP contribution in [-0.4, -0.2) is 16.0 Å². The molecular formula is C19H18FN3O3. The molecule has 0 saturated heterocycles. The normalized spacial score (nSPS) is 11.8. The highest BCUT2D eigenvalue weighted by Gasteiger charge is 2.15. The molecule has 0 bridgehead atoms. The van der Waals surface area contributed by atoms with Gasteiger partial charge in [0, 0.05) is 12.5 Å². The Morgan fingerprint density at radius 2 is 2.04 bits per heavy atom. The first kappa shape index (κ1) is 17.6. The van der Waals surface area contributed by atoms with E-state index in [0.717, 1.165) is 11.1 Å². The third kappa shape index (κ3) is 4.44. The summed E-state index contributed by atoms with van der Waals surface area (Å²) >= 11 is 0. The summed E-state index contributed by atoms with van der Waals surface area (Å²) in [6.45, 7) is 3.47. The van der Waals surface area contributed by atoms with Gasteiger partial charge in [-0.1, -0.05) is 17.3 Å². The molecule has 0 radical (unpaired) electrons. The predicted octanol–water partition coefficient (Wildman–Crippen LogP) is 3.65. The number of halogens is 1. The molecule has 2 aromatic carbocycles. The predicted molar refractivity (Wildman–Crippen MR) is 92.7 cm³/mol. The van der Waals surface area contributed by atoms with E-state index in [1.54, 1.807) is 43.3 Å². The molecule has 26 heavy (non-hydrogen) atoms. The zero-order valence-electron chi connectivity index (χ0n) is 14.4. The molecule has 1 atom stereocenters. The molecule has 1 unspecified atom stereocenters. The third-order valence-corrected chi connectivity index (χ3v) is 3.64. The van der Waals surface area contributed by atoms with Gasteiger partial charge in [-0.3, -0.25) is 4.79 Å². The van der Waals surface area contributed by atoms with Crippen LogP contribution in [0.5, 0.6) is 5.75 Å². The summed E-state index contributed by atoms with van der Waals surface area (Å²) in [5.74, 6) is 0.948. The van der Waals surface area contributed by atoms with Gasteiger partial charge >= 0.3 is 0 Å². The highest BCUT2D eigenvalue weighted by Crippen LogP contribution is 2.22. The zero-order valence-corrected chi connectivity index (χ0v) is 14.4. The van der Waals surface area contributed by atoms with Crippen LogP contribution in [0.15, 0.2) is 53.1 Å². The molecule has 0 spiro atoms. The van der Waals surface area contributed by atoms with Crippen LogP contribution in [0.4, 0.5) is 4.39 Å². The van der Waals surface area contributed by atoms with Crippen molar-refractivity contribution in [2.45, 2.75) is 26.5 Å². The summed E-state index contributed by atoms with van der Waals surface area (Å²) in [6.07, 6.45) is 0. The number of carbonyl (C=O) groups excluding carboxylic acids is 1. The first-order valence-electron chi connectivity index (χ1n) is 8.09. The Bertz CT molecular complexity index is 893. The van der Waals surface area contributed by atoms with Crippen LogP contribution < -0.4 is 10.1 Å². The highest BCUT2D eigenvalue weighted by atomic mass is 19.1. The van der Waals surface area contributed by atoms with E-state index >= 15 is 0 Å². The summed E-state index contributed by atoms with van der Waals surface area (Å²) in [7, 11) is 0. The standard InChI is InChI=1S/C19H18FN3O3/c1-12(21-13(2)24)19-22-18(23-26-19)15-6-8-17(9-7-15)25-11-14-4-3-5-16(20)10-14/h3-10,12H,11H2,1-2H3,(H,21,24). The lowest BCUT2D eigenvalue weighted by Gasteiger charge is -2.07. The van der Waals surface area contributed by atoms with E-state index in [4.69, 9.17) is 9.26 Å². The van der Waals surface area contributed by atoms with Crippen LogP contribution in [0.2, 0.25) is 0 Å². The number of carbonyl (C=O) groups is 1. The average molecular weight is 355 g/mol. The van der Waals surface area contributed by atoms with E-state index in [9.17, 15) is 9.18 Å². The van der Waals surface area contributed by atoms with E-state index in [2.05, 4.69) is 15.5 Å². The number of benzene rings is 2. The van der Waals surface area contributed by atoms with Crippen LogP contribution in [0.3, 0.4) is 0 Å². The molecular weight excluding hydrogens is 337 g/mol. The average Bonchev–Trinajstić information content (AvgIpc) is 3.10. The van der Waals surface area contributed by atoms with Crippen molar-refractivity contribution in [1.82, 2.24) is 15.5 Å². The van der Waals surface area contributed by atoms with Gasteiger partial charge in [0.1, 0.15) is 24.2 Å². The Morgan fingerprint density at radius 3 is 2.73 bits per heavy atom. The van der Waals surface area contributed by atoms with Gasteiger partial charge in [-0.15, -0.1) is 0 Å². The number of hydrogen-bond acceptors (Lipinski definition) is 5. The van der Waals surface area contributed by atoms with Crippen molar-refractivity contribution in [1.29, 1.82) is 0 Å². The topological polar surface area (TPSA) is 77.2 Å². The second-order valence-corrected chi connectivity index (χ2v) is 5.82. The van der Waals surface area contributed by atoms with Gasteiger partial charge in [-0.05, 0) is 48.9 Å². The molecule has 0 fully saturated rings. The van der Waals surface area contributed by atoms with Gasteiger partial charge in [-0.2, -0.15) is 4.98 Å². The van der Waals surface area contributed by atoms with Gasteiger partial charge < -0.3 is 14.6 Å². The van der Waals surface area contributed by atoms with Crippen molar-refractivity contribution in [3.8, 4) is 17.1 Å². The quantitative estimate of drug-likeness (QED) is 0.730. The first-order valence-corrected chi connectivity index (χ1v) is 8.09. The van der Waals surface area contributed by atoms with E-state index in [1.807, 2.05) is 0 Å². The maximum Gasteiger partial charge on any atom is 0.249 e. The number of aromatic nitrogens is 2. The largest absolute Gasteiger partial charge is 0.489 e. The molecule has 0 aliphatic heterocycles. The second-order valence-electron chi connectivity index (χ2n) is 5.82. The molecule has 6 nitrogen and oxygen atoms in total. The van der Waals surface area contributed by atoms with Crippen molar-refractivity contribution in [3.63, 3.8) is 0 Å². The van der Waals surface area contributed by atoms with E-state index in [1.165, 1.54) is 19.1 Å². The number of hydrogen-bond donors (Lipinski definition) is 1. The monoisotopic (exact) mass is 355 g/mol. The van der Waals surface area contributed by atoms with Crippen molar-refractivity contribution in [2.24, 2.45) is 0 Å². The van der Waals surface area contributed by atoms with Crippen LogP contribution in [0.25, 0.3) is 11.4 Å². The van der Waals surface area contributed by atoms with Crippen LogP contribution in [0, 0.1) is 5.82 Å². The Labute approximate surface area is 150 Å². The first-order chi connectivity index (χ1) is 12.5. The third-order valence-electron chi connectivity index (χ3n) is 3.64. The smallest absolute Gasteiger partial charge is 0.249 e. The molecule has 134 valence electrons. The fourth-order valence-corrected chi connectivity index (χ4v) is 2.39. The molecule has 1 heterocycles. The molecule has 1 N–H and O–H groups in total. The molecule has 0 saturated carbocycles. The molecule has 3 rings (SSSR count). The van der Waals surface area contributed by atoms with Gasteiger partial charge in [-0.25, -0.2) is 4.39 Å². The molecule has 0 aliphatic carbocycles. The summed E-state index contributed by atoms with van der Waals surface area (Å²) in [5.41, 5.74) is 1.51. The highest BCUT2D eigenvalue weighted by molar-refractivity contribution is 5.73. The minimum atomic E-state index is -0.359. The van der Waals surface area contributed by atoms with Crippen LogP contribution in [-0.2, 0) is 11.4 Å². The molecule has 0 aliphatic rings. The van der Waals surface area contributed by atoms with Gasteiger partial charge in [0.15, 0.2) is 0 Å². The van der Waals surface area contributed by atoms with Crippen molar-refractivity contribution in [3.05, 3.63) is 65.8 Å². The van der Waals surface area contributed by atoms with Crippen molar-refractivity contribution < 1.29 is 18.4 Å². The summed E-state index contributed by atoms with van der Waals surface area (Å²) in [5, 5.41) is 6.62. The second kappa shape index (κ2) is 7.77. The number of rotatable bonds is 6. The minimum Gasteiger partial charge on any atom is -0.489 e. The van der Waals surface area contributed by atoms with Crippen LogP contribution in [0.1, 0.15) is 31.3 Å². The summed E-state index contributed by atoms with van der Waals surface area (Å²) in [4.78, 5) is 15.4. The SMILES string of the molecule is CC(=O)NC(C)c1nc(-c2ccc(OCc3cccc(F)c3)cc2)no1. The summed E-state index contributed by atoms with van der Waals surface area (Å²) < 4.78 is 24.0. The lowest BCUT2D eigenvalue weighted by atomic mass is 10.2. The minimum absolute atomic E-state index is 0.169. The van der Waals surface area contributed by atoms with E-state index in [0.29, 0.717) is 17.5 Å². The number of amides is 1. The van der Waals surface area contributed by atoms with E-state index in [-0.39, 0.29) is 24.4 Å². The van der Waals surface area contributed by atoms with Crippen molar-refractivity contribution in [2.75, 3.05) is 0 Å². The van der Waals surface area contributed by atoms with E-state index < -0.39 is 0 Å². The molecule has 3 aromatic rings. The summed E-state index contributed by atoms with van der Waals surface area (Å²) in [6, 6.07) is 13.1. The van der Waals surface area contributed by atoms with Gasteiger partial charge in [0.05, 0.1) is 0 Å².